The molecular weight excluding hydrogens is 997 g/mol. The van der Waals surface area contributed by atoms with Crippen molar-refractivity contribution >= 4 is 21.5 Å². The molecule has 0 aliphatic rings. The van der Waals surface area contributed by atoms with Crippen LogP contribution in [0.2, 0.25) is 0 Å². The van der Waals surface area contributed by atoms with E-state index < -0.39 is 0 Å². The van der Waals surface area contributed by atoms with Gasteiger partial charge in [-0.05, 0) is 164 Å². The molecule has 0 aliphatic carbocycles. The topological polar surface area (TPSA) is 0 Å². The average molecular weight is 1090 g/mol. The zero-order valence-corrected chi connectivity index (χ0v) is 52.5. The van der Waals surface area contributed by atoms with E-state index in [2.05, 4.69) is 359 Å². The van der Waals surface area contributed by atoms with E-state index in [0.717, 1.165) is 0 Å². The molecule has 0 saturated carbocycles. The maximum absolute atomic E-state index is 2.22. The van der Waals surface area contributed by atoms with E-state index in [4.69, 9.17) is 0 Å². The highest BCUT2D eigenvalue weighted by atomic mass is 14.0. The lowest BCUT2D eigenvalue weighted by atomic mass is 10.0. The van der Waals surface area contributed by atoms with Gasteiger partial charge in [0.1, 0.15) is 0 Å². The standard InChI is InChI=1S/2C14H14.C12H12.C11H10.C9H12.2C8H10.C7H8/c1-11-3-7-13(8-4-11)14-9-5-12(2)6-10-14;1-11-5-3-7-13(9-11)14-8-4-6-12(2)10-14;1-9-7-8-10(2)12-6-4-3-5-11(9)12;1-9-5-4-7-10-6-2-3-8-11(9)10;1-7-4-8(2)6-9(3)5-7;1-7-3-5-8(2)6-4-7;1-7-4-3-5-8(2)6-7;1-7-5-3-2-4-6-7/h2*3-10H,1-2H3;3-8H,1-2H3;2-8H,1H3;4-6H,1-3H3;2*3-6H,1-2H3;2-6H,1H3. The van der Waals surface area contributed by atoms with Crippen molar-refractivity contribution in [2.45, 2.75) is 104 Å². The van der Waals surface area contributed by atoms with Gasteiger partial charge in [-0.1, -0.05) is 340 Å². The first-order valence-corrected chi connectivity index (χ1v) is 29.1. The van der Waals surface area contributed by atoms with Crippen LogP contribution in [0.15, 0.2) is 273 Å². The number of fused-ring (bicyclic) bond motifs is 2. The van der Waals surface area contributed by atoms with Crippen LogP contribution in [0.4, 0.5) is 0 Å². The van der Waals surface area contributed by atoms with Gasteiger partial charge in [0, 0.05) is 0 Å². The molecular formula is C83H90. The van der Waals surface area contributed by atoms with Crippen molar-refractivity contribution < 1.29 is 0 Å². The van der Waals surface area contributed by atoms with Crippen LogP contribution in [0.25, 0.3) is 43.8 Å². The quantitative estimate of drug-likeness (QED) is 0.162. The van der Waals surface area contributed by atoms with Gasteiger partial charge in [-0.2, -0.15) is 0 Å². The van der Waals surface area contributed by atoms with Crippen molar-refractivity contribution in [1.29, 1.82) is 0 Å². The van der Waals surface area contributed by atoms with Crippen LogP contribution < -0.4 is 0 Å². The fourth-order valence-electron chi connectivity index (χ4n) is 9.31. The Labute approximate surface area is 501 Å². The molecule has 0 atom stereocenters. The lowest BCUT2D eigenvalue weighted by Crippen LogP contribution is -1.80. The fourth-order valence-corrected chi connectivity index (χ4v) is 9.31. The highest BCUT2D eigenvalue weighted by Crippen LogP contribution is 2.23. The molecule has 0 saturated heterocycles. The van der Waals surface area contributed by atoms with Gasteiger partial charge in [0.25, 0.3) is 0 Å². The molecule has 0 aromatic heterocycles. The molecule has 0 fully saturated rings. The van der Waals surface area contributed by atoms with Crippen molar-refractivity contribution in [3.05, 3.63) is 356 Å². The lowest BCUT2D eigenvalue weighted by molar-refractivity contribution is 1.32. The molecule has 422 valence electrons. The number of aryl methyl sites for hydroxylation is 15. The molecule has 0 bridgehead atoms. The van der Waals surface area contributed by atoms with Crippen LogP contribution in [-0.2, 0) is 0 Å². The molecule has 12 aromatic carbocycles. The molecule has 0 radical (unpaired) electrons. The van der Waals surface area contributed by atoms with Crippen LogP contribution in [0.1, 0.15) is 83.5 Å². The number of rotatable bonds is 2. The van der Waals surface area contributed by atoms with Crippen molar-refractivity contribution in [1.82, 2.24) is 0 Å². The monoisotopic (exact) mass is 1090 g/mol. The third-order valence-corrected chi connectivity index (χ3v) is 13.9. The van der Waals surface area contributed by atoms with Gasteiger partial charge < -0.3 is 0 Å². The minimum Gasteiger partial charge on any atom is -0.0622 e. The van der Waals surface area contributed by atoms with Gasteiger partial charge in [-0.3, -0.25) is 0 Å². The van der Waals surface area contributed by atoms with E-state index in [1.807, 2.05) is 18.2 Å². The summed E-state index contributed by atoms with van der Waals surface area (Å²) in [7, 11) is 0. The van der Waals surface area contributed by atoms with Gasteiger partial charge in [-0.25, -0.2) is 0 Å². The van der Waals surface area contributed by atoms with Crippen molar-refractivity contribution in [2.24, 2.45) is 0 Å². The zero-order valence-electron chi connectivity index (χ0n) is 52.5. The summed E-state index contributed by atoms with van der Waals surface area (Å²) in [5.74, 6) is 0. The van der Waals surface area contributed by atoms with Gasteiger partial charge in [-0.15, -0.1) is 0 Å². The molecule has 0 spiro atoms. The van der Waals surface area contributed by atoms with Crippen LogP contribution in [0.5, 0.6) is 0 Å². The Morgan fingerprint density at radius 2 is 0.410 bits per heavy atom. The minimum absolute atomic E-state index is 1.29. The summed E-state index contributed by atoms with van der Waals surface area (Å²) in [6, 6.07) is 95.9. The maximum atomic E-state index is 2.22. The first-order valence-electron chi connectivity index (χ1n) is 29.1. The third kappa shape index (κ3) is 24.0. The van der Waals surface area contributed by atoms with E-state index in [9.17, 15) is 0 Å². The first-order chi connectivity index (χ1) is 39.8. The van der Waals surface area contributed by atoms with Crippen molar-refractivity contribution in [2.75, 3.05) is 0 Å². The predicted octanol–water partition coefficient (Wildman–Crippen LogP) is 23.8. The Bertz CT molecular complexity index is 3580. The Morgan fingerprint density at radius 1 is 0.145 bits per heavy atom. The largest absolute Gasteiger partial charge is 0.0622 e. The highest BCUT2D eigenvalue weighted by molar-refractivity contribution is 5.88. The summed E-state index contributed by atoms with van der Waals surface area (Å²) in [4.78, 5) is 0. The minimum atomic E-state index is 1.29. The van der Waals surface area contributed by atoms with Gasteiger partial charge in [0.15, 0.2) is 0 Å². The summed E-state index contributed by atoms with van der Waals surface area (Å²) in [6.45, 7) is 31.8. The van der Waals surface area contributed by atoms with Crippen LogP contribution >= 0.6 is 0 Å². The Morgan fingerprint density at radius 3 is 0.747 bits per heavy atom. The number of hydrogen-bond donors (Lipinski definition) is 0. The van der Waals surface area contributed by atoms with Crippen molar-refractivity contribution in [3.8, 4) is 22.3 Å². The summed E-state index contributed by atoms with van der Waals surface area (Å²) in [6.07, 6.45) is 0. The molecule has 0 heterocycles. The van der Waals surface area contributed by atoms with Crippen LogP contribution in [0, 0.1) is 104 Å². The Balaban J connectivity index is 0.000000176. The SMILES string of the molecule is Cc1cc(C)cc(C)c1.Cc1ccc(-c2ccc(C)cc2)cc1.Cc1ccc(C)c2ccccc12.Cc1ccc(C)cc1.Cc1cccc(-c2cccc(C)c2)c1.Cc1cccc(C)c1.Cc1cccc2ccccc12.Cc1ccccc1. The normalized spacial score (nSPS) is 9.87. The molecule has 0 aliphatic heterocycles. The predicted molar refractivity (Wildman–Crippen MR) is 368 cm³/mol. The van der Waals surface area contributed by atoms with E-state index in [1.165, 1.54) is 127 Å². The Hall–Kier alpha value is -8.84. The van der Waals surface area contributed by atoms with E-state index in [0.29, 0.717) is 0 Å². The Kier molecular flexibility index (Phi) is 27.0. The van der Waals surface area contributed by atoms with Crippen LogP contribution in [0.3, 0.4) is 0 Å². The van der Waals surface area contributed by atoms with Crippen molar-refractivity contribution in [3.63, 3.8) is 0 Å². The lowest BCUT2D eigenvalue weighted by Gasteiger charge is -2.03. The molecule has 0 nitrogen and oxygen atoms in total. The molecule has 0 amide bonds. The van der Waals surface area contributed by atoms with Gasteiger partial charge >= 0.3 is 0 Å². The summed E-state index contributed by atoms with van der Waals surface area (Å²) in [5.41, 5.74) is 25.2. The van der Waals surface area contributed by atoms with E-state index in [-0.39, 0.29) is 0 Å². The second-order valence-corrected chi connectivity index (χ2v) is 22.1. The fraction of sp³-hybridized carbons (Fsp3) is 0.181. The summed E-state index contributed by atoms with van der Waals surface area (Å²) >= 11 is 0. The average Bonchev–Trinajstić information content (AvgIpc) is 3.48. The number of benzene rings is 12. The molecule has 0 N–H and O–H groups in total. The van der Waals surface area contributed by atoms with E-state index in [1.54, 1.807) is 0 Å². The highest BCUT2D eigenvalue weighted by Gasteiger charge is 2.00. The van der Waals surface area contributed by atoms with E-state index >= 15 is 0 Å². The van der Waals surface area contributed by atoms with Gasteiger partial charge in [0.2, 0.25) is 0 Å². The molecule has 12 rings (SSSR count). The van der Waals surface area contributed by atoms with Crippen LogP contribution in [-0.4, -0.2) is 0 Å². The molecule has 83 heavy (non-hydrogen) atoms. The third-order valence-electron chi connectivity index (χ3n) is 13.9. The molecule has 0 heteroatoms. The molecule has 12 aromatic rings. The zero-order chi connectivity index (χ0) is 60.1. The number of hydrogen-bond acceptors (Lipinski definition) is 0. The maximum Gasteiger partial charge on any atom is -0.0152 e. The second-order valence-electron chi connectivity index (χ2n) is 22.1. The molecule has 0 unspecified atom stereocenters. The second kappa shape index (κ2) is 34.4. The summed E-state index contributed by atoms with van der Waals surface area (Å²) < 4.78 is 0. The first kappa shape index (κ1) is 65.0. The summed E-state index contributed by atoms with van der Waals surface area (Å²) in [5, 5.41) is 5.43. The smallest absolute Gasteiger partial charge is 0.0152 e. The van der Waals surface area contributed by atoms with Gasteiger partial charge in [0.05, 0.1) is 0 Å².